The van der Waals surface area contributed by atoms with Gasteiger partial charge in [0, 0.05) is 29.3 Å². The molecule has 0 radical (unpaired) electrons. The van der Waals surface area contributed by atoms with Crippen molar-refractivity contribution in [3.63, 3.8) is 0 Å². The van der Waals surface area contributed by atoms with Crippen molar-refractivity contribution in [3.05, 3.63) is 64.4 Å². The summed E-state index contributed by atoms with van der Waals surface area (Å²) in [7, 11) is 0. The first kappa shape index (κ1) is 14.2. The summed E-state index contributed by atoms with van der Waals surface area (Å²) in [6.45, 7) is 1.10. The van der Waals surface area contributed by atoms with Gasteiger partial charge in [0.1, 0.15) is 0 Å². The topological polar surface area (TPSA) is 48.1 Å². The lowest BCUT2D eigenvalue weighted by Crippen LogP contribution is -2.17. The molecule has 2 aromatic rings. The Morgan fingerprint density at radius 1 is 1.16 bits per heavy atom. The third kappa shape index (κ3) is 4.42. The Hall–Kier alpha value is -1.23. The fraction of sp³-hybridized carbons (Fsp3) is 0.267. The molecular weight excluding hydrogens is 304 g/mol. The van der Waals surface area contributed by atoms with E-state index in [4.69, 9.17) is 10.5 Å². The molecular formula is C15H17BrN2O. The second kappa shape index (κ2) is 7.38. The number of pyridine rings is 1. The monoisotopic (exact) mass is 320 g/mol. The molecule has 2 N–H and O–H groups in total. The third-order valence-electron chi connectivity index (χ3n) is 2.86. The van der Waals surface area contributed by atoms with Gasteiger partial charge in [0.25, 0.3) is 0 Å². The zero-order chi connectivity index (χ0) is 13.5. The summed E-state index contributed by atoms with van der Waals surface area (Å²) in [6.07, 6.45) is 2.54. The van der Waals surface area contributed by atoms with Crippen molar-refractivity contribution < 1.29 is 4.74 Å². The van der Waals surface area contributed by atoms with Crippen molar-refractivity contribution in [1.29, 1.82) is 0 Å². The van der Waals surface area contributed by atoms with E-state index in [2.05, 4.69) is 20.9 Å². The maximum Gasteiger partial charge on any atom is 0.0947 e. The Kier molecular flexibility index (Phi) is 5.51. The number of benzene rings is 1. The minimum Gasteiger partial charge on any atom is -0.372 e. The van der Waals surface area contributed by atoms with Crippen molar-refractivity contribution in [3.8, 4) is 0 Å². The molecule has 0 aliphatic heterocycles. The van der Waals surface area contributed by atoms with Gasteiger partial charge in [0.15, 0.2) is 0 Å². The van der Waals surface area contributed by atoms with E-state index in [-0.39, 0.29) is 6.10 Å². The highest BCUT2D eigenvalue weighted by atomic mass is 79.9. The SMILES string of the molecule is NCC(OCCc1ccccn1)c1ccc(Br)cc1. The van der Waals surface area contributed by atoms with Gasteiger partial charge in [0.2, 0.25) is 0 Å². The average Bonchev–Trinajstić information content (AvgIpc) is 2.46. The molecule has 1 atom stereocenters. The number of halogens is 1. The van der Waals surface area contributed by atoms with Gasteiger partial charge >= 0.3 is 0 Å². The van der Waals surface area contributed by atoms with Gasteiger partial charge in [-0.15, -0.1) is 0 Å². The molecule has 0 fully saturated rings. The molecule has 19 heavy (non-hydrogen) atoms. The van der Waals surface area contributed by atoms with Crippen LogP contribution in [0.2, 0.25) is 0 Å². The molecule has 1 heterocycles. The fourth-order valence-electron chi connectivity index (χ4n) is 1.83. The maximum absolute atomic E-state index is 5.84. The normalized spacial score (nSPS) is 12.3. The smallest absolute Gasteiger partial charge is 0.0947 e. The van der Waals surface area contributed by atoms with Gasteiger partial charge in [-0.25, -0.2) is 0 Å². The van der Waals surface area contributed by atoms with Crippen molar-refractivity contribution in [2.75, 3.05) is 13.2 Å². The lowest BCUT2D eigenvalue weighted by Gasteiger charge is -2.16. The molecule has 0 saturated carbocycles. The van der Waals surface area contributed by atoms with Crippen LogP contribution in [0, 0.1) is 0 Å². The number of aromatic nitrogens is 1. The summed E-state index contributed by atoms with van der Waals surface area (Å²) in [5.41, 5.74) is 7.91. The van der Waals surface area contributed by atoms with Crippen molar-refractivity contribution in [1.82, 2.24) is 4.98 Å². The quantitative estimate of drug-likeness (QED) is 0.889. The molecule has 1 aromatic carbocycles. The number of rotatable bonds is 6. The lowest BCUT2D eigenvalue weighted by atomic mass is 10.1. The Balaban J connectivity index is 1.87. The number of nitrogens with two attached hydrogens (primary N) is 1. The number of ether oxygens (including phenoxy) is 1. The van der Waals surface area contributed by atoms with Crippen LogP contribution in [0.4, 0.5) is 0 Å². The summed E-state index contributed by atoms with van der Waals surface area (Å²) >= 11 is 3.42. The lowest BCUT2D eigenvalue weighted by molar-refractivity contribution is 0.0605. The molecule has 2 rings (SSSR count). The molecule has 0 amide bonds. The van der Waals surface area contributed by atoms with E-state index in [1.54, 1.807) is 6.20 Å². The van der Waals surface area contributed by atoms with Gasteiger partial charge in [-0.1, -0.05) is 34.1 Å². The van der Waals surface area contributed by atoms with Crippen LogP contribution in [0.15, 0.2) is 53.1 Å². The summed E-state index contributed by atoms with van der Waals surface area (Å²) in [6, 6.07) is 14.0. The van der Waals surface area contributed by atoms with Crippen LogP contribution in [0.5, 0.6) is 0 Å². The molecule has 0 aliphatic carbocycles. The summed E-state index contributed by atoms with van der Waals surface area (Å²) in [5, 5.41) is 0. The van der Waals surface area contributed by atoms with Crippen LogP contribution in [-0.4, -0.2) is 18.1 Å². The average molecular weight is 321 g/mol. The van der Waals surface area contributed by atoms with Gasteiger partial charge in [-0.3, -0.25) is 4.98 Å². The predicted molar refractivity (Wildman–Crippen MR) is 79.8 cm³/mol. The zero-order valence-corrected chi connectivity index (χ0v) is 12.2. The highest BCUT2D eigenvalue weighted by Gasteiger charge is 2.09. The maximum atomic E-state index is 5.84. The van der Waals surface area contributed by atoms with E-state index in [0.717, 1.165) is 22.2 Å². The first-order valence-corrected chi connectivity index (χ1v) is 7.06. The van der Waals surface area contributed by atoms with Crippen LogP contribution in [0.1, 0.15) is 17.4 Å². The molecule has 0 bridgehead atoms. The zero-order valence-electron chi connectivity index (χ0n) is 10.6. The predicted octanol–water partition coefficient (Wildman–Crippen LogP) is 3.10. The van der Waals surface area contributed by atoms with Crippen LogP contribution in [-0.2, 0) is 11.2 Å². The van der Waals surface area contributed by atoms with Crippen LogP contribution < -0.4 is 5.73 Å². The molecule has 4 heteroatoms. The van der Waals surface area contributed by atoms with E-state index in [1.165, 1.54) is 0 Å². The largest absolute Gasteiger partial charge is 0.372 e. The number of nitrogens with zero attached hydrogens (tertiary/aromatic N) is 1. The van der Waals surface area contributed by atoms with E-state index < -0.39 is 0 Å². The van der Waals surface area contributed by atoms with Crippen molar-refractivity contribution in [2.24, 2.45) is 5.73 Å². The Labute approximate surface area is 121 Å². The molecule has 3 nitrogen and oxygen atoms in total. The van der Waals surface area contributed by atoms with Crippen molar-refractivity contribution >= 4 is 15.9 Å². The minimum absolute atomic E-state index is 0.0585. The highest BCUT2D eigenvalue weighted by molar-refractivity contribution is 9.10. The highest BCUT2D eigenvalue weighted by Crippen LogP contribution is 2.19. The van der Waals surface area contributed by atoms with Gasteiger partial charge in [-0.05, 0) is 29.8 Å². The number of hydrogen-bond acceptors (Lipinski definition) is 3. The van der Waals surface area contributed by atoms with Gasteiger partial charge < -0.3 is 10.5 Å². The van der Waals surface area contributed by atoms with E-state index >= 15 is 0 Å². The first-order valence-electron chi connectivity index (χ1n) is 6.26. The minimum atomic E-state index is -0.0585. The second-order valence-corrected chi connectivity index (χ2v) is 5.13. The summed E-state index contributed by atoms with van der Waals surface area (Å²) in [5.74, 6) is 0. The molecule has 0 aliphatic rings. The fourth-order valence-corrected chi connectivity index (χ4v) is 2.09. The van der Waals surface area contributed by atoms with Gasteiger partial charge in [0.05, 0.1) is 12.7 Å². The number of hydrogen-bond donors (Lipinski definition) is 1. The van der Waals surface area contributed by atoms with E-state index in [0.29, 0.717) is 13.2 Å². The standard InChI is InChI=1S/C15H17BrN2O/c16-13-6-4-12(5-7-13)15(11-17)19-10-8-14-3-1-2-9-18-14/h1-7,9,15H,8,10-11,17H2. The Morgan fingerprint density at radius 3 is 2.58 bits per heavy atom. The Morgan fingerprint density at radius 2 is 1.95 bits per heavy atom. The molecule has 0 spiro atoms. The van der Waals surface area contributed by atoms with Crippen LogP contribution in [0.3, 0.4) is 0 Å². The van der Waals surface area contributed by atoms with Crippen molar-refractivity contribution in [2.45, 2.75) is 12.5 Å². The third-order valence-corrected chi connectivity index (χ3v) is 3.39. The molecule has 1 aromatic heterocycles. The molecule has 0 saturated heterocycles. The summed E-state index contributed by atoms with van der Waals surface area (Å²) < 4.78 is 6.90. The van der Waals surface area contributed by atoms with E-state index in [9.17, 15) is 0 Å². The van der Waals surface area contributed by atoms with Gasteiger partial charge in [-0.2, -0.15) is 0 Å². The molecule has 100 valence electrons. The summed E-state index contributed by atoms with van der Waals surface area (Å²) in [4.78, 5) is 4.27. The molecule has 1 unspecified atom stereocenters. The van der Waals surface area contributed by atoms with Crippen LogP contribution in [0.25, 0.3) is 0 Å². The second-order valence-electron chi connectivity index (χ2n) is 4.22. The first-order chi connectivity index (χ1) is 9.29. The van der Waals surface area contributed by atoms with Crippen LogP contribution >= 0.6 is 15.9 Å². The van der Waals surface area contributed by atoms with E-state index in [1.807, 2.05) is 42.5 Å². The Bertz CT molecular complexity index is 487.